The monoisotopic (exact) mass is 2210 g/mol. The zero-order valence-corrected chi connectivity index (χ0v) is 116. The number of benzene rings is 5. The van der Waals surface area contributed by atoms with Gasteiger partial charge in [-0.25, -0.2) is 100 Å². The van der Waals surface area contributed by atoms with E-state index in [0.29, 0.717) is 55.5 Å². The zero-order valence-electron chi connectivity index (χ0n) is 75.4. The fourth-order valence-electron chi connectivity index (χ4n) is 8.49. The first-order chi connectivity index (χ1) is 57.5. The van der Waals surface area contributed by atoms with Crippen LogP contribution in [0.25, 0.3) is 23.9 Å². The van der Waals surface area contributed by atoms with Crippen LogP contribution < -0.4 is 514 Å². The van der Waals surface area contributed by atoms with Gasteiger partial charge in [-0.3, -0.25) is 74.0 Å². The number of esters is 10. The largest absolute Gasteiger partial charge is 1.00 e. The minimum atomic E-state index is -0.796. The van der Waals surface area contributed by atoms with Crippen molar-refractivity contribution in [1.82, 2.24) is 0 Å². The van der Waals surface area contributed by atoms with Gasteiger partial charge >= 0.3 is 574 Å². The van der Waals surface area contributed by atoms with Crippen LogP contribution in [0.1, 0.15) is 91.2 Å². The minimum absolute atomic E-state index is 0. The second-order valence-electron chi connectivity index (χ2n) is 25.1. The molecule has 0 bridgehead atoms. The van der Waals surface area contributed by atoms with E-state index in [0.717, 1.165) is 93.2 Å². The predicted octanol–water partition coefficient (Wildman–Crippen LogP) is -11.0. The molecule has 0 saturated carbocycles. The summed E-state index contributed by atoms with van der Waals surface area (Å²) >= 11 is 18.6. The van der Waals surface area contributed by atoms with Gasteiger partial charge in [-0.1, -0.05) is 97.5 Å². The van der Waals surface area contributed by atoms with Crippen molar-refractivity contribution in [3.63, 3.8) is 0 Å². The topological polar surface area (TPSA) is 276 Å². The van der Waals surface area contributed by atoms with Gasteiger partial charge in [0.15, 0.2) is 5.57 Å². The maximum absolute atomic E-state index is 12.8. The van der Waals surface area contributed by atoms with Gasteiger partial charge in [-0.05, 0) is 38.5 Å². The molecule has 44 heteroatoms. The summed E-state index contributed by atoms with van der Waals surface area (Å²) < 4.78 is 55.0. The molecule has 5 heterocycles. The van der Waals surface area contributed by atoms with E-state index in [1.54, 1.807) is 46.9 Å². The summed E-state index contributed by atoms with van der Waals surface area (Å²) in [6, 6.07) is 45.8. The normalized spacial score (nSPS) is 12.0. The third kappa shape index (κ3) is 54.2. The van der Waals surface area contributed by atoms with Crippen LogP contribution in [0.4, 0.5) is 0 Å². The fraction of sp³-hybridized carbons (Fsp3) is 0.279. The van der Waals surface area contributed by atoms with Crippen molar-refractivity contribution >= 4 is 198 Å². The van der Waals surface area contributed by atoms with Gasteiger partial charge in [0, 0.05) is 47.3 Å². The molecular formula is C86H73K10N3O20S11. The van der Waals surface area contributed by atoms with Gasteiger partial charge in [-0.2, -0.15) is 113 Å². The SMILES string of the molecule is C=CC(=O)OCCCCOC(=O)C(C(=O)OCCCCOC(=O)C=C)=C1Sc2[c-]cc[c-]c2S1.S=c1sc2[c-]cc[c-]c2s1.[C-]#[N+]/C(C(=O)OCCCCOC(=O)C=C)=C1/Sc2[c-]cc(C(C)(C)C)[c-]c2S1.[C-]#[N+]/C(C(=O)OCCOC(=O)C=C)=C1/Sc2[c-]cc(C(C)(C)C)[c-]c2S1.[C-]#[N+]C(C(=O)OCCOC(=O)C=C)=C1Sc2[c-]cc[c-]c2S1.[K+].[K+].[K+].[K+].[K+].[K+].[K+].[K+].[K+].[K+]. The van der Waals surface area contributed by atoms with Crippen LogP contribution in [0.15, 0.2) is 191 Å². The van der Waals surface area contributed by atoms with Crippen molar-refractivity contribution in [2.75, 3.05) is 66.1 Å². The van der Waals surface area contributed by atoms with E-state index in [4.69, 9.17) is 74.6 Å². The number of carbonyl (C=O) groups is 10. The Labute approximate surface area is 1230 Å². The van der Waals surface area contributed by atoms with Crippen molar-refractivity contribution in [3.8, 4) is 0 Å². The number of hydrogen-bond donors (Lipinski definition) is 0. The van der Waals surface area contributed by atoms with Crippen LogP contribution in [-0.2, 0) is 106 Å². The Morgan fingerprint density at radius 1 is 0.323 bits per heavy atom. The molecule has 628 valence electrons. The summed E-state index contributed by atoms with van der Waals surface area (Å²) in [5, 5.41) is 0. The summed E-state index contributed by atoms with van der Waals surface area (Å²) in [6.07, 6.45) is 8.24. The van der Waals surface area contributed by atoms with E-state index < -0.39 is 59.7 Å². The maximum atomic E-state index is 12.8. The fourth-order valence-corrected chi connectivity index (χ4v) is 20.1. The standard InChI is InChI=1S/C24H24O8S2.C21H21NO4S2.C19H17NO4S2.C15H9NO4S2.C7H2S3.10K/c1-3-19(25)29-13-7-9-15-31-22(27)21(24-33-17-11-5-6-12-18(17)34-24)23(28)32-16-10-8-14-30-20(26)4-2;1-6-17(23)25-11-7-8-12-26-19(24)18(22-5)20-27-15-10-9-14(21(2,3)4)13-16(15)28-20;1-6-15(21)23-9-10-24-17(22)16(20-5)18-25-13-8-7-12(19(2,3)4)11-14(13)26-18;1-3-12(17)19-8-9-20-14(18)13(16-2)15-21-10-6-4-5-7-11(10)22-15;8-7-9-5-3-1-2-4-6(5)10-7;;;;;;;;;;/h3-6H,1-2,7-10,13-16H2;6,9H,1,7-8,11-12H2,2-4H3;6-7H,1,9-10H2,2-4H3;3-5H,1,8-9H2;1-2H;;;;;;;;;;/q5*-2;10*+1/b;20-18-;18-16-;;;;;;;;;;;;. The Morgan fingerprint density at radius 2 is 0.538 bits per heavy atom. The van der Waals surface area contributed by atoms with Crippen LogP contribution in [0.5, 0.6) is 0 Å². The van der Waals surface area contributed by atoms with E-state index in [9.17, 15) is 47.9 Å². The quantitative estimate of drug-likeness (QED) is 0.00450. The molecule has 130 heavy (non-hydrogen) atoms. The summed E-state index contributed by atoms with van der Waals surface area (Å²) in [7, 11) is 0. The van der Waals surface area contributed by atoms with E-state index in [2.05, 4.69) is 154 Å². The molecular weight excluding hydrogens is 2140 g/mol. The van der Waals surface area contributed by atoms with E-state index in [-0.39, 0.29) is 613 Å². The average molecular weight is 2210 g/mol. The number of nitrogens with zero attached hydrogens (tertiary/aromatic N) is 3. The molecule has 4 aliphatic heterocycles. The molecule has 0 amide bonds. The van der Waals surface area contributed by atoms with Crippen molar-refractivity contribution in [2.24, 2.45) is 0 Å². The summed E-state index contributed by atoms with van der Waals surface area (Å²) in [5.41, 5.74) is 1.53. The smallest absolute Gasteiger partial charge is 0.471 e. The summed E-state index contributed by atoms with van der Waals surface area (Å²) in [5.74, 6) is -6.42. The molecule has 6 aromatic rings. The van der Waals surface area contributed by atoms with Gasteiger partial charge in [0.1, 0.15) is 29.6 Å². The van der Waals surface area contributed by atoms with Crippen LogP contribution in [-0.4, -0.2) is 126 Å². The molecule has 10 rings (SSSR count). The van der Waals surface area contributed by atoms with Gasteiger partial charge in [0.05, 0.1) is 59.4 Å². The number of thioether (sulfide) groups is 8. The second-order valence-corrected chi connectivity index (χ2v) is 37.6. The van der Waals surface area contributed by atoms with E-state index >= 15 is 0 Å². The average Bonchev–Trinajstić information content (AvgIpc) is 1.68. The van der Waals surface area contributed by atoms with Gasteiger partial charge in [0.25, 0.3) is 17.1 Å². The number of fused-ring (bicyclic) bond motifs is 5. The van der Waals surface area contributed by atoms with Gasteiger partial charge in [0.2, 0.25) is 0 Å². The van der Waals surface area contributed by atoms with Crippen molar-refractivity contribution < 1.29 is 609 Å². The Bertz CT molecular complexity index is 5070. The van der Waals surface area contributed by atoms with Gasteiger partial charge < -0.3 is 108 Å². The molecule has 0 unspecified atom stereocenters. The van der Waals surface area contributed by atoms with E-state index in [1.165, 1.54) is 94.1 Å². The van der Waals surface area contributed by atoms with Crippen LogP contribution in [0.3, 0.4) is 0 Å². The summed E-state index contributed by atoms with van der Waals surface area (Å²) in [4.78, 5) is 133. The number of unbranched alkanes of at least 4 members (excludes halogenated alkanes) is 3. The van der Waals surface area contributed by atoms with Crippen molar-refractivity contribution in [1.29, 1.82) is 0 Å². The third-order valence-corrected chi connectivity index (χ3v) is 26.7. The predicted molar refractivity (Wildman–Crippen MR) is 465 cm³/mol. The Hall–Kier alpha value is 6.62. The van der Waals surface area contributed by atoms with Crippen LogP contribution in [0, 0.1) is 83.5 Å². The number of hydrogen-bond acceptors (Lipinski definition) is 31. The van der Waals surface area contributed by atoms with Crippen molar-refractivity contribution in [2.45, 2.75) is 130 Å². The minimum Gasteiger partial charge on any atom is -0.471 e. The van der Waals surface area contributed by atoms with Crippen LogP contribution in [0.2, 0.25) is 0 Å². The molecule has 23 nitrogen and oxygen atoms in total. The first-order valence-corrected chi connectivity index (χ1v) is 44.0. The molecule has 1 aromatic heterocycles. The molecule has 5 aromatic carbocycles. The molecule has 0 spiro atoms. The molecule has 0 fully saturated rings. The molecule has 0 saturated heterocycles. The molecule has 0 radical (unpaired) electrons. The maximum Gasteiger partial charge on any atom is 1.00 e. The first kappa shape index (κ1) is 145. The second kappa shape index (κ2) is 81.5. The number of carbonyl (C=O) groups excluding carboxylic acids is 10. The molecule has 0 N–H and O–H groups in total. The Morgan fingerprint density at radius 3 is 0.800 bits per heavy atom. The summed E-state index contributed by atoms with van der Waals surface area (Å²) in [6.45, 7) is 51.3. The Kier molecular flexibility index (Phi) is 91.0. The first-order valence-electron chi connectivity index (χ1n) is 35.5. The zero-order chi connectivity index (χ0) is 87.7. The third-order valence-electron chi connectivity index (χ3n) is 14.4. The van der Waals surface area contributed by atoms with Crippen molar-refractivity contribution in [3.05, 3.63) is 261 Å². The molecule has 4 aliphatic rings. The molecule has 0 aliphatic carbocycles. The van der Waals surface area contributed by atoms with E-state index in [1.807, 2.05) is 24.3 Å². The molecule has 0 atom stereocenters. The van der Waals surface area contributed by atoms with Gasteiger partial charge in [-0.15, -0.1) is 0 Å². The number of ether oxygens (including phenoxy) is 10. The Balaban J connectivity index is -0.000000505. The number of rotatable bonds is 31. The van der Waals surface area contributed by atoms with Crippen LogP contribution >= 0.6 is 129 Å².